The quantitative estimate of drug-likeness (QED) is 0.887. The average molecular weight is 284 g/mol. The molecule has 0 aliphatic carbocycles. The molecule has 1 saturated heterocycles. The Morgan fingerprint density at radius 3 is 2.53 bits per heavy atom. The minimum Gasteiger partial charge on any atom is -0.396 e. The molecule has 1 heterocycles. The lowest BCUT2D eigenvalue weighted by molar-refractivity contribution is -0.0146. The van der Waals surface area contributed by atoms with E-state index >= 15 is 0 Å². The van der Waals surface area contributed by atoms with E-state index in [4.69, 9.17) is 16.3 Å². The van der Waals surface area contributed by atoms with Gasteiger partial charge in [0.05, 0.1) is 6.61 Å². The molecule has 1 amide bonds. The summed E-state index contributed by atoms with van der Waals surface area (Å²) in [6.07, 6.45) is 1.54. The standard InChI is InChI=1S/C14H18ClNO3/c15-12-3-1-11(2-4-12)13(18)16-9-14(10-17)5-7-19-8-6-14/h1-4,17H,5-10H2,(H,16,18). The molecule has 0 saturated carbocycles. The Morgan fingerprint density at radius 1 is 1.32 bits per heavy atom. The number of amides is 1. The number of aliphatic hydroxyl groups excluding tert-OH is 1. The molecule has 19 heavy (non-hydrogen) atoms. The van der Waals surface area contributed by atoms with E-state index in [1.807, 2.05) is 0 Å². The third-order valence-corrected chi connectivity index (χ3v) is 3.87. The molecule has 1 aliphatic heterocycles. The Labute approximate surface area is 117 Å². The summed E-state index contributed by atoms with van der Waals surface area (Å²) in [4.78, 5) is 12.0. The lowest BCUT2D eigenvalue weighted by Gasteiger charge is -2.35. The van der Waals surface area contributed by atoms with E-state index in [0.29, 0.717) is 30.3 Å². The van der Waals surface area contributed by atoms with Crippen LogP contribution in [0.1, 0.15) is 23.2 Å². The van der Waals surface area contributed by atoms with Crippen LogP contribution in [0.4, 0.5) is 0 Å². The van der Waals surface area contributed by atoms with E-state index in [2.05, 4.69) is 5.32 Å². The molecule has 2 N–H and O–H groups in total. The van der Waals surface area contributed by atoms with Crippen LogP contribution >= 0.6 is 11.6 Å². The number of carbonyl (C=O) groups is 1. The fourth-order valence-corrected chi connectivity index (χ4v) is 2.29. The number of carbonyl (C=O) groups excluding carboxylic acids is 1. The van der Waals surface area contributed by atoms with Crippen LogP contribution in [0.2, 0.25) is 5.02 Å². The highest BCUT2D eigenvalue weighted by Gasteiger charge is 2.32. The molecule has 1 aromatic rings. The fraction of sp³-hybridized carbons (Fsp3) is 0.500. The van der Waals surface area contributed by atoms with E-state index in [-0.39, 0.29) is 17.9 Å². The maximum atomic E-state index is 12.0. The Balaban J connectivity index is 1.93. The molecule has 0 aromatic heterocycles. The van der Waals surface area contributed by atoms with Crippen molar-refractivity contribution in [1.82, 2.24) is 5.32 Å². The monoisotopic (exact) mass is 283 g/mol. The van der Waals surface area contributed by atoms with Gasteiger partial charge in [0.1, 0.15) is 0 Å². The number of hydrogen-bond acceptors (Lipinski definition) is 3. The number of nitrogens with one attached hydrogen (secondary N) is 1. The minimum absolute atomic E-state index is 0.0667. The molecule has 5 heteroatoms. The second-order valence-electron chi connectivity index (χ2n) is 4.96. The second-order valence-corrected chi connectivity index (χ2v) is 5.40. The van der Waals surface area contributed by atoms with E-state index in [1.54, 1.807) is 24.3 Å². The van der Waals surface area contributed by atoms with E-state index in [0.717, 1.165) is 12.8 Å². The highest BCUT2D eigenvalue weighted by Crippen LogP contribution is 2.29. The molecule has 104 valence electrons. The smallest absolute Gasteiger partial charge is 0.251 e. The van der Waals surface area contributed by atoms with E-state index in [9.17, 15) is 9.90 Å². The predicted molar refractivity (Wildman–Crippen MR) is 73.4 cm³/mol. The summed E-state index contributed by atoms with van der Waals surface area (Å²) in [6.45, 7) is 1.81. The Hall–Kier alpha value is -1.10. The van der Waals surface area contributed by atoms with Crippen LogP contribution in [0.3, 0.4) is 0 Å². The third-order valence-electron chi connectivity index (χ3n) is 3.62. The zero-order valence-corrected chi connectivity index (χ0v) is 11.4. The van der Waals surface area contributed by atoms with Gasteiger partial charge in [-0.25, -0.2) is 0 Å². The van der Waals surface area contributed by atoms with Gasteiger partial charge in [-0.05, 0) is 37.1 Å². The van der Waals surface area contributed by atoms with E-state index < -0.39 is 0 Å². The van der Waals surface area contributed by atoms with Gasteiger partial charge in [-0.3, -0.25) is 4.79 Å². The van der Waals surface area contributed by atoms with Crippen LogP contribution in [-0.2, 0) is 4.74 Å². The number of benzene rings is 1. The molecule has 1 aliphatic rings. The molecule has 0 spiro atoms. The average Bonchev–Trinajstić information content (AvgIpc) is 2.46. The van der Waals surface area contributed by atoms with Crippen molar-refractivity contribution >= 4 is 17.5 Å². The van der Waals surface area contributed by atoms with Gasteiger partial charge in [-0.2, -0.15) is 0 Å². The first kappa shape index (κ1) is 14.3. The summed E-state index contributed by atoms with van der Waals surface area (Å²) in [5.41, 5.74) is 0.324. The summed E-state index contributed by atoms with van der Waals surface area (Å²) in [5.74, 6) is -0.143. The van der Waals surface area contributed by atoms with Crippen molar-refractivity contribution in [2.45, 2.75) is 12.8 Å². The Kier molecular flexibility index (Phi) is 4.80. The highest BCUT2D eigenvalue weighted by atomic mass is 35.5. The number of ether oxygens (including phenoxy) is 1. The molecule has 1 aromatic carbocycles. The number of halogens is 1. The highest BCUT2D eigenvalue weighted by molar-refractivity contribution is 6.30. The first-order valence-electron chi connectivity index (χ1n) is 6.38. The van der Waals surface area contributed by atoms with Gasteiger partial charge in [0, 0.05) is 35.8 Å². The summed E-state index contributed by atoms with van der Waals surface area (Å²) in [5, 5.41) is 13.0. The fourth-order valence-electron chi connectivity index (χ4n) is 2.17. The SMILES string of the molecule is O=C(NCC1(CO)CCOCC1)c1ccc(Cl)cc1. The van der Waals surface area contributed by atoms with Crippen molar-refractivity contribution in [3.63, 3.8) is 0 Å². The van der Waals surface area contributed by atoms with Crippen LogP contribution in [-0.4, -0.2) is 37.4 Å². The van der Waals surface area contributed by atoms with Gasteiger partial charge >= 0.3 is 0 Å². The first-order chi connectivity index (χ1) is 9.15. The molecule has 1 fully saturated rings. The van der Waals surface area contributed by atoms with Gasteiger partial charge in [-0.1, -0.05) is 11.6 Å². The summed E-state index contributed by atoms with van der Waals surface area (Å²) < 4.78 is 5.29. The zero-order chi connectivity index (χ0) is 13.7. The number of aliphatic hydroxyl groups is 1. The maximum absolute atomic E-state index is 12.0. The van der Waals surface area contributed by atoms with Gasteiger partial charge in [0.2, 0.25) is 0 Å². The largest absolute Gasteiger partial charge is 0.396 e. The molecule has 0 radical (unpaired) electrons. The molecular weight excluding hydrogens is 266 g/mol. The molecule has 2 rings (SSSR count). The predicted octanol–water partition coefficient (Wildman–Crippen LogP) is 1.86. The second kappa shape index (κ2) is 6.37. The lowest BCUT2D eigenvalue weighted by Crippen LogP contribution is -2.43. The van der Waals surface area contributed by atoms with Gasteiger partial charge < -0.3 is 15.2 Å². The van der Waals surface area contributed by atoms with Crippen molar-refractivity contribution < 1.29 is 14.6 Å². The van der Waals surface area contributed by atoms with Gasteiger partial charge in [0.25, 0.3) is 5.91 Å². The molecule has 0 unspecified atom stereocenters. The minimum atomic E-state index is -0.250. The van der Waals surface area contributed by atoms with Crippen molar-refractivity contribution in [1.29, 1.82) is 0 Å². The van der Waals surface area contributed by atoms with E-state index in [1.165, 1.54) is 0 Å². The molecule has 4 nitrogen and oxygen atoms in total. The topological polar surface area (TPSA) is 58.6 Å². The van der Waals surface area contributed by atoms with Gasteiger partial charge in [-0.15, -0.1) is 0 Å². The van der Waals surface area contributed by atoms with Crippen LogP contribution in [0.5, 0.6) is 0 Å². The van der Waals surface area contributed by atoms with Gasteiger partial charge in [0.15, 0.2) is 0 Å². The summed E-state index contributed by atoms with van der Waals surface area (Å²) in [7, 11) is 0. The maximum Gasteiger partial charge on any atom is 0.251 e. The van der Waals surface area contributed by atoms with Crippen LogP contribution < -0.4 is 5.32 Å². The van der Waals surface area contributed by atoms with Crippen LogP contribution in [0, 0.1) is 5.41 Å². The summed E-state index contributed by atoms with van der Waals surface area (Å²) in [6, 6.07) is 6.75. The Bertz CT molecular complexity index is 427. The molecular formula is C14H18ClNO3. The van der Waals surface area contributed by atoms with Crippen molar-refractivity contribution in [2.75, 3.05) is 26.4 Å². The normalized spacial score (nSPS) is 18.0. The number of rotatable bonds is 4. The van der Waals surface area contributed by atoms with Crippen molar-refractivity contribution in [3.8, 4) is 0 Å². The molecule has 0 bridgehead atoms. The summed E-state index contributed by atoms with van der Waals surface area (Å²) >= 11 is 5.78. The molecule has 0 atom stereocenters. The zero-order valence-electron chi connectivity index (χ0n) is 10.7. The third kappa shape index (κ3) is 3.69. The lowest BCUT2D eigenvalue weighted by atomic mass is 9.81. The van der Waals surface area contributed by atoms with Crippen molar-refractivity contribution in [3.05, 3.63) is 34.9 Å². The Morgan fingerprint density at radius 2 is 1.95 bits per heavy atom. The first-order valence-corrected chi connectivity index (χ1v) is 6.75. The van der Waals surface area contributed by atoms with Crippen LogP contribution in [0.25, 0.3) is 0 Å². The van der Waals surface area contributed by atoms with Crippen LogP contribution in [0.15, 0.2) is 24.3 Å². The number of hydrogen-bond donors (Lipinski definition) is 2. The van der Waals surface area contributed by atoms with Crippen molar-refractivity contribution in [2.24, 2.45) is 5.41 Å².